The first-order valence-electron chi connectivity index (χ1n) is 6.96. The Morgan fingerprint density at radius 1 is 1.35 bits per heavy atom. The number of rotatable bonds is 8. The minimum atomic E-state index is -0.887. The van der Waals surface area contributed by atoms with Crippen molar-refractivity contribution < 1.29 is 19.1 Å². The summed E-state index contributed by atoms with van der Waals surface area (Å²) in [6.45, 7) is 3.29. The first-order valence-corrected chi connectivity index (χ1v) is 6.96. The van der Waals surface area contributed by atoms with Gasteiger partial charge in [0, 0.05) is 11.4 Å². The number of carbonyl (C=O) groups excluding carboxylic acids is 2. The molecule has 0 fully saturated rings. The van der Waals surface area contributed by atoms with E-state index in [0.29, 0.717) is 11.4 Å². The number of nitrogens with zero attached hydrogens (tertiary/aromatic N) is 2. The van der Waals surface area contributed by atoms with Crippen molar-refractivity contribution in [2.45, 2.75) is 19.9 Å². The molecule has 0 spiro atoms. The normalized spacial score (nSPS) is 12.2. The average molecular weight is 321 g/mol. The van der Waals surface area contributed by atoms with E-state index in [1.54, 1.807) is 26.0 Å². The van der Waals surface area contributed by atoms with Crippen LogP contribution < -0.4 is 5.32 Å². The largest absolute Gasteiger partial charge is 0.468 e. The van der Waals surface area contributed by atoms with E-state index >= 15 is 0 Å². The zero-order chi connectivity index (χ0) is 17.2. The molecule has 8 heteroatoms. The number of aliphatic imine (C=N–C) groups is 1. The Hall–Kier alpha value is -2.77. The summed E-state index contributed by atoms with van der Waals surface area (Å²) in [6, 6.07) is 5.45. The van der Waals surface area contributed by atoms with Crippen LogP contribution in [0, 0.1) is 4.91 Å². The predicted octanol–water partition coefficient (Wildman–Crippen LogP) is 2.06. The fraction of sp³-hybridized carbons (Fsp3) is 0.400. The Morgan fingerprint density at radius 2 is 2.09 bits per heavy atom. The zero-order valence-corrected chi connectivity index (χ0v) is 13.2. The van der Waals surface area contributed by atoms with Gasteiger partial charge in [-0.05, 0) is 37.2 Å². The van der Waals surface area contributed by atoms with E-state index < -0.39 is 18.0 Å². The van der Waals surface area contributed by atoms with Gasteiger partial charge in [-0.3, -0.25) is 9.79 Å². The lowest BCUT2D eigenvalue weighted by atomic mass is 10.1. The lowest BCUT2D eigenvalue weighted by molar-refractivity contribution is -0.142. The lowest BCUT2D eigenvalue weighted by Crippen LogP contribution is -2.38. The van der Waals surface area contributed by atoms with Gasteiger partial charge in [0.1, 0.15) is 12.2 Å². The Bertz CT molecular complexity index is 601. The van der Waals surface area contributed by atoms with Crippen molar-refractivity contribution in [3.63, 3.8) is 0 Å². The monoisotopic (exact) mass is 321 g/mol. The molecule has 8 nitrogen and oxygen atoms in total. The van der Waals surface area contributed by atoms with Gasteiger partial charge in [0.15, 0.2) is 6.04 Å². The number of benzene rings is 1. The van der Waals surface area contributed by atoms with Crippen molar-refractivity contribution in [1.29, 1.82) is 0 Å². The van der Waals surface area contributed by atoms with Crippen LogP contribution in [0.15, 0.2) is 34.4 Å². The third-order valence-electron chi connectivity index (χ3n) is 2.89. The molecule has 0 bridgehead atoms. The Labute approximate surface area is 133 Å². The van der Waals surface area contributed by atoms with Crippen LogP contribution in [0.2, 0.25) is 0 Å². The van der Waals surface area contributed by atoms with Gasteiger partial charge in [0.2, 0.25) is 0 Å². The first-order chi connectivity index (χ1) is 11.0. The number of anilines is 1. The van der Waals surface area contributed by atoms with Crippen molar-refractivity contribution >= 4 is 29.0 Å². The molecule has 0 aromatic heterocycles. The molecule has 124 valence electrons. The molecular weight excluding hydrogens is 302 g/mol. The summed E-state index contributed by atoms with van der Waals surface area (Å²) in [7, 11) is 1.26. The van der Waals surface area contributed by atoms with Crippen molar-refractivity contribution in [2.75, 3.05) is 25.6 Å². The van der Waals surface area contributed by atoms with Crippen LogP contribution in [-0.4, -0.2) is 44.0 Å². The summed E-state index contributed by atoms with van der Waals surface area (Å²) in [5.41, 5.74) is 1.09. The molecule has 1 aromatic rings. The average Bonchev–Trinajstić information content (AvgIpc) is 2.57. The topological polar surface area (TPSA) is 106 Å². The highest BCUT2D eigenvalue weighted by Crippen LogP contribution is 2.18. The van der Waals surface area contributed by atoms with Crippen molar-refractivity contribution in [3.05, 3.63) is 29.2 Å². The zero-order valence-electron chi connectivity index (χ0n) is 13.2. The van der Waals surface area contributed by atoms with Crippen LogP contribution >= 0.6 is 0 Å². The molecule has 0 saturated carbocycles. The Kier molecular flexibility index (Phi) is 7.38. The second-order valence-corrected chi connectivity index (χ2v) is 4.50. The van der Waals surface area contributed by atoms with E-state index in [1.165, 1.54) is 19.2 Å². The fourth-order valence-electron chi connectivity index (χ4n) is 1.72. The highest BCUT2D eigenvalue weighted by Gasteiger charge is 2.23. The summed E-state index contributed by atoms with van der Waals surface area (Å²) >= 11 is 0. The van der Waals surface area contributed by atoms with Crippen LogP contribution in [0.5, 0.6) is 0 Å². The standard InChI is InChI=1S/C15H19N3O5/c1-4-23-15(20)14(10(2)16-9-13(19)22-3)17-11-6-5-7-12(8-11)18-21/h5-8,14,17H,4,9H2,1-3H3. The smallest absolute Gasteiger partial charge is 0.334 e. The third kappa shape index (κ3) is 5.85. The number of nitrogens with one attached hydrogen (secondary N) is 1. The van der Waals surface area contributed by atoms with Gasteiger partial charge in [-0.25, -0.2) is 4.79 Å². The second-order valence-electron chi connectivity index (χ2n) is 4.50. The molecule has 23 heavy (non-hydrogen) atoms. The number of methoxy groups -OCH3 is 1. The van der Waals surface area contributed by atoms with Gasteiger partial charge in [-0.2, -0.15) is 0 Å². The minimum Gasteiger partial charge on any atom is -0.468 e. The quantitative estimate of drug-likeness (QED) is 0.446. The number of carbonyl (C=O) groups is 2. The van der Waals surface area contributed by atoms with Crippen molar-refractivity contribution in [2.24, 2.45) is 10.2 Å². The van der Waals surface area contributed by atoms with Gasteiger partial charge in [-0.1, -0.05) is 6.07 Å². The van der Waals surface area contributed by atoms with Crippen LogP contribution in [0.25, 0.3) is 0 Å². The molecular formula is C15H19N3O5. The molecule has 1 aromatic carbocycles. The number of hydrogen-bond acceptors (Lipinski definition) is 8. The van der Waals surface area contributed by atoms with Gasteiger partial charge >= 0.3 is 11.9 Å². The van der Waals surface area contributed by atoms with E-state index in [-0.39, 0.29) is 18.8 Å². The summed E-state index contributed by atoms with van der Waals surface area (Å²) in [5, 5.41) is 5.76. The Balaban J connectivity index is 2.97. The molecule has 0 heterocycles. The number of ether oxygens (including phenoxy) is 2. The summed E-state index contributed by atoms with van der Waals surface area (Å²) < 4.78 is 9.51. The van der Waals surface area contributed by atoms with E-state index in [9.17, 15) is 14.5 Å². The molecule has 0 radical (unpaired) electrons. The van der Waals surface area contributed by atoms with Crippen molar-refractivity contribution in [1.82, 2.24) is 0 Å². The van der Waals surface area contributed by atoms with Crippen LogP contribution in [0.1, 0.15) is 13.8 Å². The molecule has 0 aliphatic carbocycles. The summed E-state index contributed by atoms with van der Waals surface area (Å²) in [4.78, 5) is 37.9. The fourth-order valence-corrected chi connectivity index (χ4v) is 1.72. The van der Waals surface area contributed by atoms with E-state index in [1.807, 2.05) is 0 Å². The maximum absolute atomic E-state index is 12.1. The van der Waals surface area contributed by atoms with Crippen LogP contribution in [0.4, 0.5) is 11.4 Å². The number of esters is 2. The number of nitroso groups, excluding NO2 is 1. The molecule has 1 atom stereocenters. The molecule has 0 aliphatic heterocycles. The SMILES string of the molecule is CCOC(=O)C(Nc1cccc(N=O)c1)C(C)=NCC(=O)OC. The third-order valence-corrected chi connectivity index (χ3v) is 2.89. The first kappa shape index (κ1) is 18.3. The van der Waals surface area contributed by atoms with E-state index in [4.69, 9.17) is 4.74 Å². The molecule has 0 saturated heterocycles. The van der Waals surface area contributed by atoms with Gasteiger partial charge < -0.3 is 14.8 Å². The van der Waals surface area contributed by atoms with Crippen LogP contribution in [0.3, 0.4) is 0 Å². The van der Waals surface area contributed by atoms with Gasteiger partial charge in [-0.15, -0.1) is 4.91 Å². The molecule has 1 N–H and O–H groups in total. The van der Waals surface area contributed by atoms with E-state index in [0.717, 1.165) is 0 Å². The highest BCUT2D eigenvalue weighted by molar-refractivity contribution is 6.07. The van der Waals surface area contributed by atoms with Crippen molar-refractivity contribution in [3.8, 4) is 0 Å². The molecule has 1 rings (SSSR count). The lowest BCUT2D eigenvalue weighted by Gasteiger charge is -2.18. The molecule has 1 unspecified atom stereocenters. The van der Waals surface area contributed by atoms with Gasteiger partial charge in [0.25, 0.3) is 0 Å². The second kappa shape index (κ2) is 9.29. The molecule has 0 aliphatic rings. The summed E-state index contributed by atoms with van der Waals surface area (Å²) in [5.74, 6) is -1.05. The maximum Gasteiger partial charge on any atom is 0.334 e. The predicted molar refractivity (Wildman–Crippen MR) is 85.9 cm³/mol. The van der Waals surface area contributed by atoms with E-state index in [2.05, 4.69) is 20.2 Å². The van der Waals surface area contributed by atoms with Crippen LogP contribution in [-0.2, 0) is 19.1 Å². The Morgan fingerprint density at radius 3 is 2.70 bits per heavy atom. The summed E-state index contributed by atoms with van der Waals surface area (Å²) in [6.07, 6.45) is 0. The molecule has 0 amide bonds. The highest BCUT2D eigenvalue weighted by atomic mass is 16.5. The van der Waals surface area contributed by atoms with Gasteiger partial charge in [0.05, 0.1) is 13.7 Å². The maximum atomic E-state index is 12.1. The number of hydrogen-bond donors (Lipinski definition) is 1. The minimum absolute atomic E-state index is 0.199.